The molecule has 0 amide bonds. The number of para-hydroxylation sites is 1. The second-order valence-electron chi connectivity index (χ2n) is 3.03. The third-order valence-electron chi connectivity index (χ3n) is 2.26. The normalized spacial score (nSPS) is 11.6. The molecule has 0 fully saturated rings. The van der Waals surface area contributed by atoms with Crippen molar-refractivity contribution in [1.29, 1.82) is 0 Å². The molecule has 2 aromatic rings. The highest BCUT2D eigenvalue weighted by atomic mass is 35.5. The molecule has 72 valence electrons. The van der Waals surface area contributed by atoms with Crippen LogP contribution in [-0.2, 0) is 7.05 Å². The largest absolute Gasteiger partial charge is 0.411 e. The summed E-state index contributed by atoms with van der Waals surface area (Å²) in [6.07, 6.45) is 1.35. The van der Waals surface area contributed by atoms with Crippen LogP contribution in [0.3, 0.4) is 0 Å². The van der Waals surface area contributed by atoms with E-state index in [4.69, 9.17) is 16.8 Å². The standard InChI is InChI=1S/C10H9ClN2O/c1-13-9-5-3-2-4-7(9)8(6-12-14)10(13)11/h2-6,14H,1H3/b12-6-. The fourth-order valence-corrected chi connectivity index (χ4v) is 1.81. The molecule has 3 nitrogen and oxygen atoms in total. The van der Waals surface area contributed by atoms with Crippen molar-refractivity contribution in [3.05, 3.63) is 35.0 Å². The zero-order chi connectivity index (χ0) is 10.1. The van der Waals surface area contributed by atoms with Gasteiger partial charge in [0, 0.05) is 23.5 Å². The molecule has 0 atom stereocenters. The molecule has 0 saturated heterocycles. The van der Waals surface area contributed by atoms with E-state index in [2.05, 4.69) is 5.16 Å². The Morgan fingerprint density at radius 3 is 2.86 bits per heavy atom. The van der Waals surface area contributed by atoms with E-state index < -0.39 is 0 Å². The predicted octanol–water partition coefficient (Wildman–Crippen LogP) is 2.64. The first-order chi connectivity index (χ1) is 6.75. The van der Waals surface area contributed by atoms with Gasteiger partial charge in [-0.2, -0.15) is 0 Å². The maximum atomic E-state index is 8.51. The molecular weight excluding hydrogens is 200 g/mol. The zero-order valence-corrected chi connectivity index (χ0v) is 8.36. The Balaban J connectivity index is 2.87. The fraction of sp³-hybridized carbons (Fsp3) is 0.100. The average Bonchev–Trinajstić information content (AvgIpc) is 2.45. The van der Waals surface area contributed by atoms with E-state index in [9.17, 15) is 0 Å². The minimum atomic E-state index is 0.573. The lowest BCUT2D eigenvalue weighted by atomic mass is 10.2. The van der Waals surface area contributed by atoms with Gasteiger partial charge in [0.1, 0.15) is 5.15 Å². The van der Waals surface area contributed by atoms with Crippen molar-refractivity contribution in [2.45, 2.75) is 0 Å². The van der Waals surface area contributed by atoms with Crippen molar-refractivity contribution < 1.29 is 5.21 Å². The fourth-order valence-electron chi connectivity index (χ4n) is 1.57. The first kappa shape index (κ1) is 9.09. The Morgan fingerprint density at radius 2 is 2.14 bits per heavy atom. The van der Waals surface area contributed by atoms with Crippen LogP contribution in [0.25, 0.3) is 10.9 Å². The summed E-state index contributed by atoms with van der Waals surface area (Å²) in [4.78, 5) is 0. The highest BCUT2D eigenvalue weighted by molar-refractivity contribution is 6.34. The van der Waals surface area contributed by atoms with Crippen molar-refractivity contribution in [3.8, 4) is 0 Å². The summed E-state index contributed by atoms with van der Waals surface area (Å²) in [6.45, 7) is 0. The maximum absolute atomic E-state index is 8.51. The SMILES string of the molecule is Cn1c(Cl)c(/C=N\O)c2ccccc21. The number of hydrogen-bond acceptors (Lipinski definition) is 2. The highest BCUT2D eigenvalue weighted by Gasteiger charge is 2.10. The van der Waals surface area contributed by atoms with Gasteiger partial charge in [-0.25, -0.2) is 0 Å². The van der Waals surface area contributed by atoms with Crippen molar-refractivity contribution >= 4 is 28.7 Å². The van der Waals surface area contributed by atoms with Gasteiger partial charge in [-0.3, -0.25) is 0 Å². The molecule has 0 spiro atoms. The van der Waals surface area contributed by atoms with Crippen LogP contribution in [-0.4, -0.2) is 16.0 Å². The minimum Gasteiger partial charge on any atom is -0.411 e. The van der Waals surface area contributed by atoms with Crippen LogP contribution in [0, 0.1) is 0 Å². The average molecular weight is 209 g/mol. The molecule has 0 saturated carbocycles. The number of nitrogens with zero attached hydrogens (tertiary/aromatic N) is 2. The quantitative estimate of drug-likeness (QED) is 0.437. The molecule has 0 bridgehead atoms. The molecule has 0 radical (unpaired) electrons. The third-order valence-corrected chi connectivity index (χ3v) is 2.72. The third kappa shape index (κ3) is 1.17. The van der Waals surface area contributed by atoms with Gasteiger partial charge in [0.2, 0.25) is 0 Å². The Bertz CT molecular complexity index is 502. The van der Waals surface area contributed by atoms with Crippen LogP contribution >= 0.6 is 11.6 Å². The lowest BCUT2D eigenvalue weighted by Gasteiger charge is -1.94. The van der Waals surface area contributed by atoms with Gasteiger partial charge in [0.15, 0.2) is 0 Å². The predicted molar refractivity (Wildman–Crippen MR) is 57.3 cm³/mol. The van der Waals surface area contributed by atoms with Crippen LogP contribution in [0.2, 0.25) is 5.15 Å². The first-order valence-corrected chi connectivity index (χ1v) is 4.54. The molecular formula is C10H9ClN2O. The van der Waals surface area contributed by atoms with Crippen LogP contribution in [0.4, 0.5) is 0 Å². The van der Waals surface area contributed by atoms with Gasteiger partial charge in [-0.05, 0) is 6.07 Å². The van der Waals surface area contributed by atoms with E-state index in [-0.39, 0.29) is 0 Å². The number of aromatic nitrogens is 1. The van der Waals surface area contributed by atoms with Crippen molar-refractivity contribution in [1.82, 2.24) is 4.57 Å². The van der Waals surface area contributed by atoms with E-state index in [1.165, 1.54) is 6.21 Å². The highest BCUT2D eigenvalue weighted by Crippen LogP contribution is 2.27. The van der Waals surface area contributed by atoms with Gasteiger partial charge in [-0.1, -0.05) is 35.0 Å². The van der Waals surface area contributed by atoms with Gasteiger partial charge in [0.25, 0.3) is 0 Å². The maximum Gasteiger partial charge on any atom is 0.118 e. The Morgan fingerprint density at radius 1 is 1.43 bits per heavy atom. The molecule has 0 aliphatic heterocycles. The van der Waals surface area contributed by atoms with Crippen LogP contribution in [0.1, 0.15) is 5.56 Å². The minimum absolute atomic E-state index is 0.573. The molecule has 1 heterocycles. The number of aryl methyl sites for hydroxylation is 1. The van der Waals surface area contributed by atoms with E-state index >= 15 is 0 Å². The van der Waals surface area contributed by atoms with Crippen molar-refractivity contribution in [2.75, 3.05) is 0 Å². The number of halogens is 1. The molecule has 0 aliphatic carbocycles. The Labute approximate surface area is 86.2 Å². The summed E-state index contributed by atoms with van der Waals surface area (Å²) in [5.41, 5.74) is 1.76. The van der Waals surface area contributed by atoms with Crippen LogP contribution in [0.5, 0.6) is 0 Å². The molecule has 0 aliphatic rings. The van der Waals surface area contributed by atoms with E-state index in [0.717, 1.165) is 16.5 Å². The van der Waals surface area contributed by atoms with Crippen LogP contribution in [0.15, 0.2) is 29.4 Å². The first-order valence-electron chi connectivity index (χ1n) is 4.16. The Hall–Kier alpha value is -1.48. The smallest absolute Gasteiger partial charge is 0.118 e. The van der Waals surface area contributed by atoms with Crippen molar-refractivity contribution in [2.24, 2.45) is 12.2 Å². The van der Waals surface area contributed by atoms with Crippen molar-refractivity contribution in [3.63, 3.8) is 0 Å². The molecule has 1 aromatic heterocycles. The summed E-state index contributed by atoms with van der Waals surface area (Å²) in [5, 5.41) is 13.1. The summed E-state index contributed by atoms with van der Waals surface area (Å²) >= 11 is 6.08. The second-order valence-corrected chi connectivity index (χ2v) is 3.38. The second kappa shape index (κ2) is 3.35. The van der Waals surface area contributed by atoms with Gasteiger partial charge in [0.05, 0.1) is 6.21 Å². The lowest BCUT2D eigenvalue weighted by molar-refractivity contribution is 0.322. The molecule has 1 N–H and O–H groups in total. The zero-order valence-electron chi connectivity index (χ0n) is 7.61. The number of hydrogen-bond donors (Lipinski definition) is 1. The van der Waals surface area contributed by atoms with Gasteiger partial charge >= 0.3 is 0 Å². The lowest BCUT2D eigenvalue weighted by Crippen LogP contribution is -1.86. The molecule has 2 rings (SSSR count). The Kier molecular flexibility index (Phi) is 2.17. The number of rotatable bonds is 1. The molecule has 1 aromatic carbocycles. The van der Waals surface area contributed by atoms with Crippen LogP contribution < -0.4 is 0 Å². The summed E-state index contributed by atoms with van der Waals surface area (Å²) < 4.78 is 1.86. The van der Waals surface area contributed by atoms with E-state index in [1.807, 2.05) is 35.9 Å². The number of benzene rings is 1. The van der Waals surface area contributed by atoms with Gasteiger partial charge < -0.3 is 9.77 Å². The summed E-state index contributed by atoms with van der Waals surface area (Å²) in [7, 11) is 1.87. The summed E-state index contributed by atoms with van der Waals surface area (Å²) in [6, 6.07) is 7.78. The number of fused-ring (bicyclic) bond motifs is 1. The number of oxime groups is 1. The summed E-state index contributed by atoms with van der Waals surface area (Å²) in [5.74, 6) is 0. The molecule has 14 heavy (non-hydrogen) atoms. The molecule has 4 heteroatoms. The van der Waals surface area contributed by atoms with E-state index in [1.54, 1.807) is 0 Å². The van der Waals surface area contributed by atoms with Gasteiger partial charge in [-0.15, -0.1) is 0 Å². The molecule has 0 unspecified atom stereocenters. The monoisotopic (exact) mass is 208 g/mol. The van der Waals surface area contributed by atoms with E-state index in [0.29, 0.717) is 5.15 Å². The topological polar surface area (TPSA) is 37.5 Å².